The average Bonchev–Trinajstić information content (AvgIpc) is 3.22. The molecular weight excluding hydrogens is 456 g/mol. The lowest BCUT2D eigenvalue weighted by atomic mass is 10.1. The number of para-hydroxylation sites is 1. The Kier molecular flexibility index (Phi) is 6.46. The molecule has 0 fully saturated rings. The third-order valence-electron chi connectivity index (χ3n) is 4.99. The van der Waals surface area contributed by atoms with Gasteiger partial charge in [0.1, 0.15) is 10.7 Å². The fraction of sp³-hybridized carbons (Fsp3) is 0.0870. The van der Waals surface area contributed by atoms with Crippen LogP contribution in [0.1, 0.15) is 36.9 Å². The number of hydrogen-bond acceptors (Lipinski definition) is 8. The number of rotatable bonds is 7. The number of nitrogens with zero attached hydrogens (tertiary/aromatic N) is 2. The minimum absolute atomic E-state index is 0.0241. The van der Waals surface area contributed by atoms with Crippen molar-refractivity contribution in [1.82, 2.24) is 20.3 Å². The number of H-pyrrole nitrogens is 1. The Morgan fingerprint density at radius 1 is 1.12 bits per heavy atom. The number of carbonyl (C=O) groups excluding carboxylic acids is 3. The minimum Gasteiger partial charge on any atom is -0.464 e. The van der Waals surface area contributed by atoms with Crippen LogP contribution in [0.25, 0.3) is 10.9 Å². The first-order valence-corrected chi connectivity index (χ1v) is 10.9. The monoisotopic (exact) mass is 476 g/mol. The number of aromatic nitrogens is 3. The number of aromatic amines is 1. The highest BCUT2D eigenvalue weighted by molar-refractivity contribution is 7.99. The van der Waals surface area contributed by atoms with Crippen LogP contribution in [-0.2, 0) is 11.3 Å². The van der Waals surface area contributed by atoms with Gasteiger partial charge in [-0.3, -0.25) is 9.59 Å². The number of ether oxygens (including phenoxy) is 1. The van der Waals surface area contributed by atoms with E-state index in [9.17, 15) is 14.4 Å². The minimum atomic E-state index is -0.579. The van der Waals surface area contributed by atoms with Gasteiger partial charge in [-0.2, -0.15) is 0 Å². The molecule has 34 heavy (non-hydrogen) atoms. The van der Waals surface area contributed by atoms with Crippen molar-refractivity contribution in [3.63, 3.8) is 0 Å². The van der Waals surface area contributed by atoms with Crippen molar-refractivity contribution < 1.29 is 19.1 Å². The van der Waals surface area contributed by atoms with E-state index in [0.29, 0.717) is 21.0 Å². The number of primary amides is 1. The van der Waals surface area contributed by atoms with Crippen LogP contribution in [-0.4, -0.2) is 39.8 Å². The maximum Gasteiger partial charge on any atom is 0.354 e. The summed E-state index contributed by atoms with van der Waals surface area (Å²) in [5.74, 6) is -1.76. The third kappa shape index (κ3) is 4.55. The fourth-order valence-electron chi connectivity index (χ4n) is 3.38. The van der Waals surface area contributed by atoms with Gasteiger partial charge in [0, 0.05) is 27.9 Å². The van der Waals surface area contributed by atoms with Crippen molar-refractivity contribution in [2.75, 3.05) is 12.8 Å². The number of nitrogen functional groups attached to an aromatic ring is 1. The molecule has 4 rings (SSSR count). The molecule has 6 N–H and O–H groups in total. The molecular formula is C23H20N6O4S. The first-order chi connectivity index (χ1) is 16.4. The van der Waals surface area contributed by atoms with E-state index in [1.807, 2.05) is 24.3 Å². The van der Waals surface area contributed by atoms with Crippen LogP contribution in [0.15, 0.2) is 64.6 Å². The number of nitrogens with one attached hydrogen (secondary N) is 2. The van der Waals surface area contributed by atoms with Gasteiger partial charge in [0.2, 0.25) is 5.91 Å². The van der Waals surface area contributed by atoms with Crippen LogP contribution in [0, 0.1) is 0 Å². The van der Waals surface area contributed by atoms with E-state index in [-0.39, 0.29) is 23.8 Å². The maximum absolute atomic E-state index is 12.9. The number of esters is 1. The Labute approximate surface area is 198 Å². The SMILES string of the molecule is COC(=O)c1[nH]c2ccccc2c1CNC(=O)c1nc(Sc2ccccc2C(N)=O)cnc1N. The number of hydrogen-bond donors (Lipinski definition) is 4. The Morgan fingerprint density at radius 3 is 2.62 bits per heavy atom. The quantitative estimate of drug-likeness (QED) is 0.295. The number of benzene rings is 2. The zero-order valence-corrected chi connectivity index (χ0v) is 18.8. The highest BCUT2D eigenvalue weighted by atomic mass is 32.2. The second kappa shape index (κ2) is 9.63. The number of carbonyl (C=O) groups is 3. The van der Waals surface area contributed by atoms with Crippen molar-refractivity contribution >= 4 is 46.3 Å². The highest BCUT2D eigenvalue weighted by Crippen LogP contribution is 2.29. The molecule has 0 unspecified atom stereocenters. The zero-order chi connectivity index (χ0) is 24.2. The van der Waals surface area contributed by atoms with Gasteiger partial charge in [-0.05, 0) is 18.2 Å². The van der Waals surface area contributed by atoms with Gasteiger partial charge in [0.25, 0.3) is 5.91 Å². The molecule has 2 heterocycles. The number of amides is 2. The first-order valence-electron chi connectivity index (χ1n) is 10.0. The van der Waals surface area contributed by atoms with E-state index in [2.05, 4.69) is 20.3 Å². The molecule has 2 aromatic carbocycles. The largest absolute Gasteiger partial charge is 0.464 e. The van der Waals surface area contributed by atoms with Crippen LogP contribution in [0.3, 0.4) is 0 Å². The van der Waals surface area contributed by atoms with E-state index < -0.39 is 17.8 Å². The number of fused-ring (bicyclic) bond motifs is 1. The molecule has 0 aliphatic heterocycles. The number of methoxy groups -OCH3 is 1. The molecule has 0 atom stereocenters. The summed E-state index contributed by atoms with van der Waals surface area (Å²) >= 11 is 1.13. The lowest BCUT2D eigenvalue weighted by Gasteiger charge is -2.10. The van der Waals surface area contributed by atoms with Gasteiger partial charge in [-0.15, -0.1) is 0 Å². The predicted molar refractivity (Wildman–Crippen MR) is 126 cm³/mol. The predicted octanol–water partition coefficient (Wildman–Crippen LogP) is 2.51. The van der Waals surface area contributed by atoms with Gasteiger partial charge in [0.15, 0.2) is 11.5 Å². The smallest absolute Gasteiger partial charge is 0.354 e. The first kappa shape index (κ1) is 22.8. The lowest BCUT2D eigenvalue weighted by Crippen LogP contribution is -2.26. The Bertz CT molecular complexity index is 1420. The van der Waals surface area contributed by atoms with Gasteiger partial charge in [-0.1, -0.05) is 42.1 Å². The molecule has 0 spiro atoms. The van der Waals surface area contributed by atoms with Crippen molar-refractivity contribution in [2.24, 2.45) is 5.73 Å². The standard InChI is InChI=1S/C23H20N6O4S/c1-33-23(32)18-14(12-6-2-4-8-15(12)28-18)10-27-22(31)19-20(24)26-11-17(29-19)34-16-9-5-3-7-13(16)21(25)30/h2-9,11,28H,10H2,1H3,(H2,24,26)(H2,25,30)(H,27,31). The molecule has 0 saturated heterocycles. The van der Waals surface area contributed by atoms with Crippen molar-refractivity contribution in [3.05, 3.63) is 77.2 Å². The van der Waals surface area contributed by atoms with Gasteiger partial charge >= 0.3 is 5.97 Å². The summed E-state index contributed by atoms with van der Waals surface area (Å²) in [4.78, 5) is 48.8. The maximum atomic E-state index is 12.9. The van der Waals surface area contributed by atoms with E-state index in [4.69, 9.17) is 16.2 Å². The molecule has 0 aliphatic rings. The molecule has 4 aromatic rings. The second-order valence-electron chi connectivity index (χ2n) is 7.10. The fourth-order valence-corrected chi connectivity index (χ4v) is 4.28. The molecule has 0 saturated carbocycles. The molecule has 0 radical (unpaired) electrons. The van der Waals surface area contributed by atoms with Crippen LogP contribution >= 0.6 is 11.8 Å². The normalized spacial score (nSPS) is 10.7. The van der Waals surface area contributed by atoms with Crippen molar-refractivity contribution in [3.8, 4) is 0 Å². The molecule has 2 aromatic heterocycles. The highest BCUT2D eigenvalue weighted by Gasteiger charge is 2.21. The Balaban J connectivity index is 1.58. The van der Waals surface area contributed by atoms with E-state index in [1.165, 1.54) is 13.3 Å². The Morgan fingerprint density at radius 2 is 1.85 bits per heavy atom. The van der Waals surface area contributed by atoms with Crippen LogP contribution in [0.4, 0.5) is 5.82 Å². The van der Waals surface area contributed by atoms with Gasteiger partial charge in [0.05, 0.1) is 18.9 Å². The third-order valence-corrected chi connectivity index (χ3v) is 5.97. The second-order valence-corrected chi connectivity index (χ2v) is 8.17. The van der Waals surface area contributed by atoms with Gasteiger partial charge < -0.3 is 26.5 Å². The number of nitrogens with two attached hydrogens (primary N) is 2. The average molecular weight is 477 g/mol. The lowest BCUT2D eigenvalue weighted by molar-refractivity contribution is 0.0593. The molecule has 10 nitrogen and oxygen atoms in total. The summed E-state index contributed by atoms with van der Waals surface area (Å²) in [6, 6.07) is 14.1. The van der Waals surface area contributed by atoms with Crippen LogP contribution in [0.2, 0.25) is 0 Å². The molecule has 11 heteroatoms. The molecule has 2 amide bonds. The summed E-state index contributed by atoms with van der Waals surface area (Å²) in [5.41, 5.74) is 13.1. The van der Waals surface area contributed by atoms with Gasteiger partial charge in [-0.25, -0.2) is 14.8 Å². The van der Waals surface area contributed by atoms with Crippen LogP contribution < -0.4 is 16.8 Å². The summed E-state index contributed by atoms with van der Waals surface area (Å²) in [5, 5.41) is 3.87. The van der Waals surface area contributed by atoms with Crippen LogP contribution in [0.5, 0.6) is 0 Å². The van der Waals surface area contributed by atoms with E-state index >= 15 is 0 Å². The molecule has 172 valence electrons. The summed E-state index contributed by atoms with van der Waals surface area (Å²) in [7, 11) is 1.28. The number of anilines is 1. The Hall–Kier alpha value is -4.38. The van der Waals surface area contributed by atoms with Crippen molar-refractivity contribution in [1.29, 1.82) is 0 Å². The topological polar surface area (TPSA) is 166 Å². The van der Waals surface area contributed by atoms with E-state index in [1.54, 1.807) is 24.3 Å². The van der Waals surface area contributed by atoms with Crippen molar-refractivity contribution in [2.45, 2.75) is 16.5 Å². The zero-order valence-electron chi connectivity index (χ0n) is 18.0. The molecule has 0 bridgehead atoms. The summed E-state index contributed by atoms with van der Waals surface area (Å²) < 4.78 is 4.85. The van der Waals surface area contributed by atoms with E-state index in [0.717, 1.165) is 22.7 Å². The summed E-state index contributed by atoms with van der Waals surface area (Å²) in [6.07, 6.45) is 1.41. The molecule has 0 aliphatic carbocycles. The summed E-state index contributed by atoms with van der Waals surface area (Å²) in [6.45, 7) is 0.0241.